The van der Waals surface area contributed by atoms with Crippen molar-refractivity contribution < 1.29 is 0 Å². The summed E-state index contributed by atoms with van der Waals surface area (Å²) in [5, 5.41) is 2.17. The Bertz CT molecular complexity index is 679. The molecule has 2 heterocycles. The van der Waals surface area contributed by atoms with Gasteiger partial charge in [-0.25, -0.2) is 4.98 Å². The van der Waals surface area contributed by atoms with E-state index in [1.165, 1.54) is 23.2 Å². The fraction of sp³-hybridized carbons (Fsp3) is 0.267. The van der Waals surface area contributed by atoms with Crippen LogP contribution in [0.3, 0.4) is 0 Å². The molecule has 0 saturated carbocycles. The molecule has 2 N–H and O–H groups in total. The highest BCUT2D eigenvalue weighted by molar-refractivity contribution is 7.15. The van der Waals surface area contributed by atoms with Gasteiger partial charge in [-0.05, 0) is 17.5 Å². The van der Waals surface area contributed by atoms with Crippen molar-refractivity contribution in [1.29, 1.82) is 0 Å². The fourth-order valence-electron chi connectivity index (χ4n) is 2.35. The number of aromatic nitrogens is 2. The Labute approximate surface area is 116 Å². The Hall–Kier alpha value is -1.65. The van der Waals surface area contributed by atoms with Crippen LogP contribution in [0.2, 0.25) is 0 Å². The Morgan fingerprint density at radius 2 is 2.05 bits per heavy atom. The summed E-state index contributed by atoms with van der Waals surface area (Å²) in [6, 6.07) is 8.79. The average molecular weight is 271 g/mol. The number of rotatable bonds is 4. The Morgan fingerprint density at radius 1 is 1.26 bits per heavy atom. The number of benzene rings is 1. The summed E-state index contributed by atoms with van der Waals surface area (Å²) >= 11 is 1.70. The van der Waals surface area contributed by atoms with Gasteiger partial charge in [-0.3, -0.25) is 4.40 Å². The third-order valence-electron chi connectivity index (χ3n) is 3.31. The van der Waals surface area contributed by atoms with E-state index >= 15 is 0 Å². The molecular formula is C15H17N3S. The van der Waals surface area contributed by atoms with Crippen molar-refractivity contribution in [3.63, 3.8) is 0 Å². The largest absolute Gasteiger partial charge is 0.324 e. The van der Waals surface area contributed by atoms with E-state index in [0.29, 0.717) is 6.54 Å². The van der Waals surface area contributed by atoms with E-state index in [1.807, 2.05) is 6.20 Å². The number of imidazole rings is 1. The van der Waals surface area contributed by atoms with Crippen molar-refractivity contribution in [1.82, 2.24) is 9.38 Å². The number of hydrogen-bond donors (Lipinski definition) is 1. The number of nitrogens with two attached hydrogens (primary N) is 1. The van der Waals surface area contributed by atoms with Crippen LogP contribution in [0.15, 0.2) is 35.8 Å². The second-order valence-electron chi connectivity index (χ2n) is 4.62. The summed E-state index contributed by atoms with van der Waals surface area (Å²) in [6.45, 7) is 2.67. The maximum absolute atomic E-state index is 5.75. The number of fused-ring (bicyclic) bond motifs is 1. The Morgan fingerprint density at radius 3 is 2.74 bits per heavy atom. The monoisotopic (exact) mass is 271 g/mol. The number of thiazole rings is 1. The zero-order chi connectivity index (χ0) is 13.2. The van der Waals surface area contributed by atoms with Gasteiger partial charge in [-0.2, -0.15) is 0 Å². The van der Waals surface area contributed by atoms with E-state index in [9.17, 15) is 0 Å². The zero-order valence-corrected chi connectivity index (χ0v) is 11.8. The van der Waals surface area contributed by atoms with Gasteiger partial charge in [0, 0.05) is 5.38 Å². The molecule has 3 rings (SSSR count). The van der Waals surface area contributed by atoms with Gasteiger partial charge in [-0.15, -0.1) is 11.3 Å². The van der Waals surface area contributed by atoms with E-state index < -0.39 is 0 Å². The van der Waals surface area contributed by atoms with Crippen LogP contribution in [0, 0.1) is 0 Å². The van der Waals surface area contributed by atoms with Crippen LogP contribution in [-0.4, -0.2) is 9.38 Å². The lowest BCUT2D eigenvalue weighted by molar-refractivity contribution is 0.910. The van der Waals surface area contributed by atoms with Gasteiger partial charge in [0.05, 0.1) is 18.4 Å². The molecule has 0 atom stereocenters. The van der Waals surface area contributed by atoms with Crippen LogP contribution in [0.1, 0.15) is 24.7 Å². The van der Waals surface area contributed by atoms with Gasteiger partial charge in [0.2, 0.25) is 0 Å². The van der Waals surface area contributed by atoms with Crippen LogP contribution in [0.4, 0.5) is 0 Å². The summed E-state index contributed by atoms with van der Waals surface area (Å²) in [5.41, 5.74) is 9.55. The van der Waals surface area contributed by atoms with Crippen molar-refractivity contribution >= 4 is 16.2 Å². The van der Waals surface area contributed by atoms with Crippen molar-refractivity contribution in [2.24, 2.45) is 5.73 Å². The Kier molecular flexibility index (Phi) is 3.36. The standard InChI is InChI=1S/C15H17N3S/c1-2-3-11-4-6-12(7-5-11)13-10-19-15-9-17-14(8-16)18(13)15/h4-7,9-10H,2-3,8,16H2,1H3. The molecule has 19 heavy (non-hydrogen) atoms. The van der Waals surface area contributed by atoms with Crippen LogP contribution >= 0.6 is 11.3 Å². The fourth-order valence-corrected chi connectivity index (χ4v) is 3.25. The summed E-state index contributed by atoms with van der Waals surface area (Å²) < 4.78 is 2.15. The second-order valence-corrected chi connectivity index (χ2v) is 5.51. The molecule has 0 bridgehead atoms. The lowest BCUT2D eigenvalue weighted by atomic mass is 10.1. The van der Waals surface area contributed by atoms with Crippen LogP contribution < -0.4 is 5.73 Å². The maximum atomic E-state index is 5.75. The van der Waals surface area contributed by atoms with Crippen molar-refractivity contribution in [3.05, 3.63) is 47.2 Å². The first-order chi connectivity index (χ1) is 9.33. The van der Waals surface area contributed by atoms with Gasteiger partial charge in [0.15, 0.2) is 0 Å². The minimum absolute atomic E-state index is 0.464. The van der Waals surface area contributed by atoms with Crippen molar-refractivity contribution in [2.75, 3.05) is 0 Å². The summed E-state index contributed by atoms with van der Waals surface area (Å²) in [7, 11) is 0. The zero-order valence-electron chi connectivity index (χ0n) is 11.0. The highest BCUT2D eigenvalue weighted by atomic mass is 32.1. The first kappa shape index (κ1) is 12.4. The molecule has 0 aliphatic carbocycles. The van der Waals surface area contributed by atoms with E-state index in [4.69, 9.17) is 5.73 Å². The molecule has 0 spiro atoms. The highest BCUT2D eigenvalue weighted by Crippen LogP contribution is 2.27. The van der Waals surface area contributed by atoms with Crippen LogP contribution in [0.5, 0.6) is 0 Å². The van der Waals surface area contributed by atoms with Crippen LogP contribution in [0.25, 0.3) is 16.1 Å². The molecule has 2 aromatic heterocycles. The number of hydrogen-bond acceptors (Lipinski definition) is 3. The van der Waals surface area contributed by atoms with E-state index in [2.05, 4.69) is 46.0 Å². The molecule has 3 aromatic rings. The average Bonchev–Trinajstić information content (AvgIpc) is 3.01. The maximum Gasteiger partial charge on any atom is 0.128 e. The topological polar surface area (TPSA) is 43.3 Å². The molecule has 1 aromatic carbocycles. The molecule has 0 radical (unpaired) electrons. The third-order valence-corrected chi connectivity index (χ3v) is 4.18. The minimum atomic E-state index is 0.464. The molecule has 0 saturated heterocycles. The number of aryl methyl sites for hydroxylation is 1. The smallest absolute Gasteiger partial charge is 0.128 e. The summed E-state index contributed by atoms with van der Waals surface area (Å²) in [5.74, 6) is 0.920. The molecule has 0 unspecified atom stereocenters. The SMILES string of the molecule is CCCc1ccc(-c2csc3cnc(CN)n23)cc1. The summed E-state index contributed by atoms with van der Waals surface area (Å²) in [6.07, 6.45) is 4.21. The molecule has 3 nitrogen and oxygen atoms in total. The minimum Gasteiger partial charge on any atom is -0.324 e. The third kappa shape index (κ3) is 2.17. The van der Waals surface area contributed by atoms with Crippen LogP contribution in [-0.2, 0) is 13.0 Å². The van der Waals surface area contributed by atoms with E-state index in [1.54, 1.807) is 11.3 Å². The molecule has 98 valence electrons. The first-order valence-corrected chi connectivity index (χ1v) is 7.44. The molecule has 0 aliphatic rings. The molecule has 0 amide bonds. The molecular weight excluding hydrogens is 254 g/mol. The lowest BCUT2D eigenvalue weighted by Gasteiger charge is -2.04. The van der Waals surface area contributed by atoms with E-state index in [0.717, 1.165) is 17.1 Å². The molecule has 0 fully saturated rings. The predicted octanol–water partition coefficient (Wildman–Crippen LogP) is 3.47. The quantitative estimate of drug-likeness (QED) is 0.789. The van der Waals surface area contributed by atoms with Crippen molar-refractivity contribution in [2.45, 2.75) is 26.3 Å². The van der Waals surface area contributed by atoms with Gasteiger partial charge < -0.3 is 5.73 Å². The lowest BCUT2D eigenvalue weighted by Crippen LogP contribution is -2.02. The second kappa shape index (κ2) is 5.15. The van der Waals surface area contributed by atoms with Gasteiger partial charge in [-0.1, -0.05) is 37.6 Å². The first-order valence-electron chi connectivity index (χ1n) is 6.56. The Balaban J connectivity index is 2.05. The molecule has 0 aliphatic heterocycles. The van der Waals surface area contributed by atoms with Gasteiger partial charge in [0.1, 0.15) is 10.7 Å². The van der Waals surface area contributed by atoms with Crippen molar-refractivity contribution in [3.8, 4) is 11.3 Å². The molecule has 4 heteroatoms. The van der Waals surface area contributed by atoms with Gasteiger partial charge in [0.25, 0.3) is 0 Å². The number of nitrogens with zero attached hydrogens (tertiary/aromatic N) is 2. The highest BCUT2D eigenvalue weighted by Gasteiger charge is 2.10. The summed E-state index contributed by atoms with van der Waals surface area (Å²) in [4.78, 5) is 5.50. The van der Waals surface area contributed by atoms with Gasteiger partial charge >= 0.3 is 0 Å². The van der Waals surface area contributed by atoms with E-state index in [-0.39, 0.29) is 0 Å². The predicted molar refractivity (Wildman–Crippen MR) is 80.4 cm³/mol. The normalized spacial score (nSPS) is 11.3.